The summed E-state index contributed by atoms with van der Waals surface area (Å²) in [6.07, 6.45) is 0. The Morgan fingerprint density at radius 2 is 1.85 bits per heavy atom. The Morgan fingerprint density at radius 3 is 2.40 bits per heavy atom. The lowest BCUT2D eigenvalue weighted by Crippen LogP contribution is -2.12. The molecule has 4 heteroatoms. The smallest absolute Gasteiger partial charge is 0.333 e. The first-order valence-electron chi connectivity index (χ1n) is 6.25. The van der Waals surface area contributed by atoms with Gasteiger partial charge in [-0.3, -0.25) is 0 Å². The number of esters is 1. The van der Waals surface area contributed by atoms with Gasteiger partial charge in [0.2, 0.25) is 0 Å². The van der Waals surface area contributed by atoms with Crippen LogP contribution < -0.4 is 9.47 Å². The van der Waals surface area contributed by atoms with Crippen LogP contribution in [0.1, 0.15) is 19.4 Å². The van der Waals surface area contributed by atoms with E-state index in [-0.39, 0.29) is 13.2 Å². The van der Waals surface area contributed by atoms with Gasteiger partial charge < -0.3 is 14.2 Å². The zero-order chi connectivity index (χ0) is 15.1. The molecule has 0 heterocycles. The Morgan fingerprint density at radius 1 is 1.15 bits per heavy atom. The number of hydrogen-bond acceptors (Lipinski definition) is 4. The highest BCUT2D eigenvalue weighted by molar-refractivity contribution is 5.86. The summed E-state index contributed by atoms with van der Waals surface area (Å²) in [6, 6.07) is 5.57. The highest BCUT2D eigenvalue weighted by atomic mass is 16.6. The second-order valence-corrected chi connectivity index (χ2v) is 4.41. The SMILES string of the molecule is C=C(C)C(=O)OCCOc1ccc(C(=C)C)cc1OC. The average molecular weight is 276 g/mol. The molecule has 0 spiro atoms. The van der Waals surface area contributed by atoms with Crippen molar-refractivity contribution in [1.29, 1.82) is 0 Å². The molecule has 0 fully saturated rings. The minimum Gasteiger partial charge on any atom is -0.493 e. The van der Waals surface area contributed by atoms with Crippen LogP contribution in [0, 0.1) is 0 Å². The van der Waals surface area contributed by atoms with E-state index < -0.39 is 5.97 Å². The van der Waals surface area contributed by atoms with E-state index in [0.717, 1.165) is 11.1 Å². The first-order valence-corrected chi connectivity index (χ1v) is 6.25. The van der Waals surface area contributed by atoms with Crippen LogP contribution in [-0.4, -0.2) is 26.3 Å². The zero-order valence-electron chi connectivity index (χ0n) is 12.2. The lowest BCUT2D eigenvalue weighted by atomic mass is 10.1. The molecular formula is C16H20O4. The molecule has 0 aromatic heterocycles. The van der Waals surface area contributed by atoms with Gasteiger partial charge in [0.25, 0.3) is 0 Å². The van der Waals surface area contributed by atoms with Crippen molar-refractivity contribution < 1.29 is 19.0 Å². The Kier molecular flexibility index (Phi) is 5.84. The maximum Gasteiger partial charge on any atom is 0.333 e. The average Bonchev–Trinajstić information content (AvgIpc) is 2.42. The first-order chi connectivity index (χ1) is 9.45. The number of carbonyl (C=O) groups is 1. The molecular weight excluding hydrogens is 256 g/mol. The minimum absolute atomic E-state index is 0.164. The summed E-state index contributed by atoms with van der Waals surface area (Å²) >= 11 is 0. The number of hydrogen-bond donors (Lipinski definition) is 0. The third-order valence-corrected chi connectivity index (χ3v) is 2.58. The summed E-state index contributed by atoms with van der Waals surface area (Å²) < 4.78 is 15.7. The van der Waals surface area contributed by atoms with Crippen molar-refractivity contribution in [3.05, 3.63) is 42.5 Å². The summed E-state index contributed by atoms with van der Waals surface area (Å²) in [5.74, 6) is 0.804. The van der Waals surface area contributed by atoms with Gasteiger partial charge in [-0.25, -0.2) is 4.79 Å². The van der Waals surface area contributed by atoms with Crippen molar-refractivity contribution in [2.45, 2.75) is 13.8 Å². The van der Waals surface area contributed by atoms with Gasteiger partial charge in [-0.2, -0.15) is 0 Å². The largest absolute Gasteiger partial charge is 0.493 e. The van der Waals surface area contributed by atoms with Crippen molar-refractivity contribution in [2.24, 2.45) is 0 Å². The van der Waals surface area contributed by atoms with Gasteiger partial charge >= 0.3 is 5.97 Å². The molecule has 1 aromatic carbocycles. The fourth-order valence-electron chi connectivity index (χ4n) is 1.46. The maximum absolute atomic E-state index is 11.2. The van der Waals surface area contributed by atoms with E-state index in [1.807, 2.05) is 25.1 Å². The van der Waals surface area contributed by atoms with Crippen LogP contribution in [0.15, 0.2) is 36.9 Å². The lowest BCUT2D eigenvalue weighted by Gasteiger charge is -2.12. The molecule has 0 saturated carbocycles. The van der Waals surface area contributed by atoms with Crippen LogP contribution in [0.2, 0.25) is 0 Å². The van der Waals surface area contributed by atoms with E-state index in [0.29, 0.717) is 17.1 Å². The fourth-order valence-corrected chi connectivity index (χ4v) is 1.46. The van der Waals surface area contributed by atoms with Crippen molar-refractivity contribution in [3.63, 3.8) is 0 Å². The molecule has 0 N–H and O–H groups in total. The number of rotatable bonds is 7. The van der Waals surface area contributed by atoms with Gasteiger partial charge in [0, 0.05) is 5.57 Å². The molecule has 20 heavy (non-hydrogen) atoms. The van der Waals surface area contributed by atoms with E-state index >= 15 is 0 Å². The van der Waals surface area contributed by atoms with Crippen molar-refractivity contribution in [2.75, 3.05) is 20.3 Å². The predicted molar refractivity (Wildman–Crippen MR) is 79.0 cm³/mol. The standard InChI is InChI=1S/C16H20O4/c1-11(2)13-6-7-14(15(10-13)18-5)19-8-9-20-16(17)12(3)4/h6-7,10H,1,3,8-9H2,2,4-5H3. The molecule has 0 amide bonds. The van der Waals surface area contributed by atoms with Crippen LogP contribution in [0.4, 0.5) is 0 Å². The molecule has 0 aliphatic rings. The highest BCUT2D eigenvalue weighted by Gasteiger charge is 2.07. The third-order valence-electron chi connectivity index (χ3n) is 2.58. The summed E-state index contributed by atoms with van der Waals surface area (Å²) in [5.41, 5.74) is 2.31. The molecule has 108 valence electrons. The Hall–Kier alpha value is -2.23. The monoisotopic (exact) mass is 276 g/mol. The molecule has 0 atom stereocenters. The molecule has 0 aliphatic heterocycles. The zero-order valence-corrected chi connectivity index (χ0v) is 12.2. The van der Waals surface area contributed by atoms with Gasteiger partial charge in [-0.15, -0.1) is 0 Å². The quantitative estimate of drug-likeness (QED) is 0.436. The summed E-state index contributed by atoms with van der Waals surface area (Å²) in [4.78, 5) is 11.2. The normalized spacial score (nSPS) is 9.75. The van der Waals surface area contributed by atoms with Gasteiger partial charge in [0.05, 0.1) is 7.11 Å². The first kappa shape index (κ1) is 15.8. The second kappa shape index (κ2) is 7.38. The lowest BCUT2D eigenvalue weighted by molar-refractivity contribution is -0.139. The van der Waals surface area contributed by atoms with Gasteiger partial charge in [0.1, 0.15) is 13.2 Å². The molecule has 4 nitrogen and oxygen atoms in total. The minimum atomic E-state index is -0.418. The number of methoxy groups -OCH3 is 1. The van der Waals surface area contributed by atoms with E-state index in [1.165, 1.54) is 0 Å². The number of ether oxygens (including phenoxy) is 3. The third kappa shape index (κ3) is 4.46. The highest BCUT2D eigenvalue weighted by Crippen LogP contribution is 2.30. The number of benzene rings is 1. The Labute approximate surface area is 119 Å². The van der Waals surface area contributed by atoms with E-state index in [2.05, 4.69) is 13.2 Å². The molecule has 0 aliphatic carbocycles. The van der Waals surface area contributed by atoms with Crippen LogP contribution in [0.25, 0.3) is 5.57 Å². The van der Waals surface area contributed by atoms with Crippen LogP contribution in [-0.2, 0) is 9.53 Å². The molecule has 0 radical (unpaired) electrons. The summed E-state index contributed by atoms with van der Waals surface area (Å²) in [5, 5.41) is 0. The van der Waals surface area contributed by atoms with Crippen LogP contribution in [0.3, 0.4) is 0 Å². The molecule has 0 bridgehead atoms. The summed E-state index contributed by atoms with van der Waals surface area (Å²) in [6.45, 7) is 11.3. The number of carbonyl (C=O) groups excluding carboxylic acids is 1. The van der Waals surface area contributed by atoms with Crippen LogP contribution >= 0.6 is 0 Å². The fraction of sp³-hybridized carbons (Fsp3) is 0.312. The molecule has 1 rings (SSSR count). The van der Waals surface area contributed by atoms with Gasteiger partial charge in [0.15, 0.2) is 11.5 Å². The van der Waals surface area contributed by atoms with Gasteiger partial charge in [-0.05, 0) is 31.5 Å². The second-order valence-electron chi connectivity index (χ2n) is 4.41. The van der Waals surface area contributed by atoms with E-state index in [9.17, 15) is 4.79 Å². The maximum atomic E-state index is 11.2. The van der Waals surface area contributed by atoms with E-state index in [4.69, 9.17) is 14.2 Å². The van der Waals surface area contributed by atoms with Crippen molar-refractivity contribution in [1.82, 2.24) is 0 Å². The Bertz CT molecular complexity index is 517. The number of allylic oxidation sites excluding steroid dienone is 1. The molecule has 0 saturated heterocycles. The van der Waals surface area contributed by atoms with Crippen molar-refractivity contribution >= 4 is 11.5 Å². The van der Waals surface area contributed by atoms with Crippen molar-refractivity contribution in [3.8, 4) is 11.5 Å². The predicted octanol–water partition coefficient (Wildman–Crippen LogP) is 3.23. The Balaban J connectivity index is 2.58. The molecule has 0 unspecified atom stereocenters. The molecule has 1 aromatic rings. The topological polar surface area (TPSA) is 44.8 Å². The van der Waals surface area contributed by atoms with Gasteiger partial charge in [-0.1, -0.05) is 24.8 Å². The van der Waals surface area contributed by atoms with E-state index in [1.54, 1.807) is 14.0 Å². The van der Waals surface area contributed by atoms with Crippen LogP contribution in [0.5, 0.6) is 11.5 Å². The summed E-state index contributed by atoms with van der Waals surface area (Å²) in [7, 11) is 1.57.